The molecule has 0 bridgehead atoms. The monoisotopic (exact) mass is 354 g/mol. The maximum absolute atomic E-state index is 11.2. The Morgan fingerprint density at radius 1 is 1.16 bits per heavy atom. The molecule has 0 fully saturated rings. The van der Waals surface area contributed by atoms with E-state index >= 15 is 0 Å². The second kappa shape index (κ2) is 7.40. The predicted molar refractivity (Wildman–Crippen MR) is 98.0 cm³/mol. The van der Waals surface area contributed by atoms with Gasteiger partial charge in [0.2, 0.25) is 5.91 Å². The summed E-state index contributed by atoms with van der Waals surface area (Å²) >= 11 is 1.26. The minimum Gasteiger partial charge on any atom is -0.496 e. The summed E-state index contributed by atoms with van der Waals surface area (Å²) in [6.07, 6.45) is 0. The SMILES string of the molecule is COc1ccccc1-c1nnc(SCC(N)=O)n1-c1ccc(C)cc1. The van der Waals surface area contributed by atoms with Crippen LogP contribution in [0.5, 0.6) is 5.75 Å². The van der Waals surface area contributed by atoms with E-state index in [1.165, 1.54) is 11.8 Å². The Bertz CT molecular complexity index is 890. The molecule has 3 aromatic rings. The van der Waals surface area contributed by atoms with Gasteiger partial charge in [0, 0.05) is 5.69 Å². The molecule has 0 radical (unpaired) electrons. The van der Waals surface area contributed by atoms with Crippen LogP contribution < -0.4 is 10.5 Å². The van der Waals surface area contributed by atoms with Gasteiger partial charge in [-0.3, -0.25) is 9.36 Å². The van der Waals surface area contributed by atoms with E-state index in [4.69, 9.17) is 10.5 Å². The quantitative estimate of drug-likeness (QED) is 0.688. The molecule has 1 aromatic heterocycles. The topological polar surface area (TPSA) is 83.0 Å². The summed E-state index contributed by atoms with van der Waals surface area (Å²) in [4.78, 5) is 11.2. The Kier molecular flexibility index (Phi) is 5.04. The largest absolute Gasteiger partial charge is 0.496 e. The van der Waals surface area contributed by atoms with Crippen LogP contribution in [0, 0.1) is 6.92 Å². The number of para-hydroxylation sites is 1. The summed E-state index contributed by atoms with van der Waals surface area (Å²) in [5.74, 6) is 1.08. The molecule has 3 rings (SSSR count). The predicted octanol–water partition coefficient (Wildman–Crippen LogP) is 2.83. The molecule has 0 unspecified atom stereocenters. The molecule has 0 spiro atoms. The first-order valence-corrected chi connectivity index (χ1v) is 8.65. The van der Waals surface area contributed by atoms with Crippen molar-refractivity contribution in [1.29, 1.82) is 0 Å². The zero-order chi connectivity index (χ0) is 17.8. The first-order chi connectivity index (χ1) is 12.1. The highest BCUT2D eigenvalue weighted by molar-refractivity contribution is 7.99. The van der Waals surface area contributed by atoms with Gasteiger partial charge in [0.15, 0.2) is 11.0 Å². The van der Waals surface area contributed by atoms with Crippen molar-refractivity contribution in [3.8, 4) is 22.8 Å². The van der Waals surface area contributed by atoms with Gasteiger partial charge in [-0.25, -0.2) is 0 Å². The molecule has 0 aliphatic carbocycles. The van der Waals surface area contributed by atoms with Crippen molar-refractivity contribution >= 4 is 17.7 Å². The fourth-order valence-electron chi connectivity index (χ4n) is 2.43. The highest BCUT2D eigenvalue weighted by Crippen LogP contribution is 2.33. The number of ether oxygens (including phenoxy) is 1. The van der Waals surface area contributed by atoms with Gasteiger partial charge in [0.25, 0.3) is 0 Å². The molecule has 0 saturated heterocycles. The van der Waals surface area contributed by atoms with Gasteiger partial charge in [0.05, 0.1) is 18.4 Å². The number of rotatable bonds is 6. The van der Waals surface area contributed by atoms with Gasteiger partial charge in [-0.1, -0.05) is 41.6 Å². The molecule has 1 amide bonds. The van der Waals surface area contributed by atoms with Gasteiger partial charge in [-0.15, -0.1) is 10.2 Å². The van der Waals surface area contributed by atoms with Gasteiger partial charge in [-0.05, 0) is 31.2 Å². The smallest absolute Gasteiger partial charge is 0.227 e. The van der Waals surface area contributed by atoms with Crippen molar-refractivity contribution in [3.05, 3.63) is 54.1 Å². The number of hydrogen-bond donors (Lipinski definition) is 1. The van der Waals surface area contributed by atoms with Crippen molar-refractivity contribution in [2.75, 3.05) is 12.9 Å². The molecule has 0 aliphatic rings. The van der Waals surface area contributed by atoms with Crippen LogP contribution in [-0.4, -0.2) is 33.5 Å². The van der Waals surface area contributed by atoms with E-state index in [1.54, 1.807) is 7.11 Å². The summed E-state index contributed by atoms with van der Waals surface area (Å²) in [6.45, 7) is 2.03. The second-order valence-corrected chi connectivity index (χ2v) is 6.37. The molecule has 0 aliphatic heterocycles. The lowest BCUT2D eigenvalue weighted by Crippen LogP contribution is -2.13. The zero-order valence-corrected chi connectivity index (χ0v) is 14.8. The van der Waals surface area contributed by atoms with Crippen LogP contribution in [0.25, 0.3) is 17.1 Å². The third kappa shape index (κ3) is 3.66. The molecule has 128 valence electrons. The standard InChI is InChI=1S/C18H18N4O2S/c1-12-7-9-13(10-8-12)22-17(14-5-3-4-6-15(14)24-2)20-21-18(22)25-11-16(19)23/h3-10H,11H2,1-2H3,(H2,19,23). The molecule has 2 aromatic carbocycles. The van der Waals surface area contributed by atoms with Crippen LogP contribution >= 0.6 is 11.8 Å². The number of nitrogens with two attached hydrogens (primary N) is 1. The van der Waals surface area contributed by atoms with Gasteiger partial charge in [-0.2, -0.15) is 0 Å². The first kappa shape index (κ1) is 17.0. The maximum Gasteiger partial charge on any atom is 0.227 e. The van der Waals surface area contributed by atoms with Crippen molar-refractivity contribution in [3.63, 3.8) is 0 Å². The number of primary amides is 1. The van der Waals surface area contributed by atoms with Gasteiger partial charge >= 0.3 is 0 Å². The minimum absolute atomic E-state index is 0.135. The molecular weight excluding hydrogens is 336 g/mol. The molecule has 0 saturated carbocycles. The van der Waals surface area contributed by atoms with E-state index in [-0.39, 0.29) is 5.75 Å². The lowest BCUT2D eigenvalue weighted by atomic mass is 10.1. The molecule has 25 heavy (non-hydrogen) atoms. The van der Waals surface area contributed by atoms with Gasteiger partial charge in [0.1, 0.15) is 5.75 Å². The fourth-order valence-corrected chi connectivity index (χ4v) is 3.12. The zero-order valence-electron chi connectivity index (χ0n) is 14.0. The van der Waals surface area contributed by atoms with Crippen LogP contribution in [-0.2, 0) is 4.79 Å². The number of methoxy groups -OCH3 is 1. The third-order valence-electron chi connectivity index (χ3n) is 3.62. The number of benzene rings is 2. The number of aromatic nitrogens is 3. The van der Waals surface area contributed by atoms with Crippen LogP contribution in [0.1, 0.15) is 5.56 Å². The van der Waals surface area contributed by atoms with E-state index in [0.717, 1.165) is 16.8 Å². The normalized spacial score (nSPS) is 10.6. The average molecular weight is 354 g/mol. The Morgan fingerprint density at radius 2 is 1.88 bits per heavy atom. The Balaban J connectivity index is 2.15. The Hall–Kier alpha value is -2.80. The summed E-state index contributed by atoms with van der Waals surface area (Å²) in [6, 6.07) is 15.6. The molecule has 6 nitrogen and oxygen atoms in total. The molecule has 7 heteroatoms. The number of aryl methyl sites for hydroxylation is 1. The molecular formula is C18H18N4O2S. The number of amides is 1. The van der Waals surface area contributed by atoms with Crippen LogP contribution in [0.4, 0.5) is 0 Å². The number of hydrogen-bond acceptors (Lipinski definition) is 5. The Morgan fingerprint density at radius 3 is 2.56 bits per heavy atom. The van der Waals surface area contributed by atoms with Crippen molar-refractivity contribution in [2.24, 2.45) is 5.73 Å². The average Bonchev–Trinajstić information content (AvgIpc) is 3.04. The third-order valence-corrected chi connectivity index (χ3v) is 4.57. The number of nitrogens with zero attached hydrogens (tertiary/aromatic N) is 3. The number of carbonyl (C=O) groups excluding carboxylic acids is 1. The Labute approximate surface area is 150 Å². The molecule has 2 N–H and O–H groups in total. The summed E-state index contributed by atoms with van der Waals surface area (Å²) < 4.78 is 7.36. The van der Waals surface area contributed by atoms with Crippen LogP contribution in [0.3, 0.4) is 0 Å². The van der Waals surface area contributed by atoms with Crippen LogP contribution in [0.2, 0.25) is 0 Å². The summed E-state index contributed by atoms with van der Waals surface area (Å²) in [7, 11) is 1.62. The van der Waals surface area contributed by atoms with E-state index in [1.807, 2.05) is 60.0 Å². The highest BCUT2D eigenvalue weighted by atomic mass is 32.2. The van der Waals surface area contributed by atoms with Gasteiger partial charge < -0.3 is 10.5 Å². The molecule has 0 atom stereocenters. The van der Waals surface area contributed by atoms with E-state index < -0.39 is 5.91 Å². The van der Waals surface area contributed by atoms with E-state index in [0.29, 0.717) is 16.7 Å². The van der Waals surface area contributed by atoms with Crippen molar-refractivity contribution in [1.82, 2.24) is 14.8 Å². The highest BCUT2D eigenvalue weighted by Gasteiger charge is 2.19. The fraction of sp³-hybridized carbons (Fsp3) is 0.167. The van der Waals surface area contributed by atoms with E-state index in [2.05, 4.69) is 10.2 Å². The molecule has 1 heterocycles. The van der Waals surface area contributed by atoms with Crippen LogP contribution in [0.15, 0.2) is 53.7 Å². The first-order valence-electron chi connectivity index (χ1n) is 7.67. The van der Waals surface area contributed by atoms with Crippen molar-refractivity contribution in [2.45, 2.75) is 12.1 Å². The number of thioether (sulfide) groups is 1. The van der Waals surface area contributed by atoms with E-state index in [9.17, 15) is 4.79 Å². The lowest BCUT2D eigenvalue weighted by Gasteiger charge is -2.12. The summed E-state index contributed by atoms with van der Waals surface area (Å²) in [5, 5.41) is 9.18. The summed E-state index contributed by atoms with van der Waals surface area (Å²) in [5.41, 5.74) is 8.16. The second-order valence-electron chi connectivity index (χ2n) is 5.43. The lowest BCUT2D eigenvalue weighted by molar-refractivity contribution is -0.115. The number of carbonyl (C=O) groups is 1. The minimum atomic E-state index is -0.401. The maximum atomic E-state index is 11.2. The van der Waals surface area contributed by atoms with Crippen molar-refractivity contribution < 1.29 is 9.53 Å².